The topological polar surface area (TPSA) is 61.6 Å². The lowest BCUT2D eigenvalue weighted by atomic mass is 9.85. The van der Waals surface area contributed by atoms with Crippen molar-refractivity contribution in [1.82, 2.24) is 0 Å². The van der Waals surface area contributed by atoms with Crippen LogP contribution in [0.4, 0.5) is 0 Å². The van der Waals surface area contributed by atoms with Crippen LogP contribution in [-0.4, -0.2) is 23.9 Å². The Morgan fingerprint density at radius 2 is 2.00 bits per heavy atom. The van der Waals surface area contributed by atoms with Gasteiger partial charge in [-0.1, -0.05) is 45.4 Å². The lowest BCUT2D eigenvalue weighted by molar-refractivity contribution is -0.326. The third kappa shape index (κ3) is 5.64. The van der Waals surface area contributed by atoms with E-state index in [9.17, 15) is 4.79 Å². The van der Waals surface area contributed by atoms with Gasteiger partial charge in [0.2, 0.25) is 5.91 Å². The normalized spacial score (nSPS) is 30.8. The minimum absolute atomic E-state index is 0.117. The molecule has 0 spiro atoms. The standard InChI is InChI=1S/C17H29NO3/c1-6-12(2)16-13(3)14(20-17(4,5)21-16)10-8-7-9-11-15(18)19/h7-9,11-14,16H,6,10H2,1-5H3,(H2,18,19)/t12-,13-,14-,16+/m1/s1. The lowest BCUT2D eigenvalue weighted by Crippen LogP contribution is -2.52. The van der Waals surface area contributed by atoms with Crippen molar-refractivity contribution in [2.24, 2.45) is 17.6 Å². The molecule has 21 heavy (non-hydrogen) atoms. The first-order valence-corrected chi connectivity index (χ1v) is 7.75. The van der Waals surface area contributed by atoms with Crippen molar-refractivity contribution >= 4 is 5.91 Å². The van der Waals surface area contributed by atoms with Crippen LogP contribution >= 0.6 is 0 Å². The molecule has 1 rings (SSSR count). The number of carbonyl (C=O) groups excluding carboxylic acids is 1. The number of allylic oxidation sites excluding steroid dienone is 2. The van der Waals surface area contributed by atoms with Gasteiger partial charge in [0.25, 0.3) is 0 Å². The predicted molar refractivity (Wildman–Crippen MR) is 84.5 cm³/mol. The van der Waals surface area contributed by atoms with Gasteiger partial charge in [0.15, 0.2) is 5.79 Å². The molecule has 2 N–H and O–H groups in total. The smallest absolute Gasteiger partial charge is 0.241 e. The highest BCUT2D eigenvalue weighted by molar-refractivity contribution is 5.85. The quantitative estimate of drug-likeness (QED) is 0.604. The van der Waals surface area contributed by atoms with Gasteiger partial charge in [-0.25, -0.2) is 0 Å². The van der Waals surface area contributed by atoms with Crippen LogP contribution in [0.15, 0.2) is 24.3 Å². The molecule has 0 aliphatic carbocycles. The Hall–Kier alpha value is -1.13. The second kappa shape index (κ2) is 7.76. The van der Waals surface area contributed by atoms with Gasteiger partial charge in [-0.3, -0.25) is 4.79 Å². The molecule has 0 aromatic carbocycles. The Morgan fingerprint density at radius 3 is 2.57 bits per heavy atom. The summed E-state index contributed by atoms with van der Waals surface area (Å²) in [6.45, 7) is 10.5. The van der Waals surface area contributed by atoms with Crippen molar-refractivity contribution in [3.63, 3.8) is 0 Å². The van der Waals surface area contributed by atoms with Crippen molar-refractivity contribution < 1.29 is 14.3 Å². The summed E-state index contributed by atoms with van der Waals surface area (Å²) in [4.78, 5) is 10.6. The van der Waals surface area contributed by atoms with Gasteiger partial charge < -0.3 is 15.2 Å². The van der Waals surface area contributed by atoms with Gasteiger partial charge in [-0.2, -0.15) is 0 Å². The van der Waals surface area contributed by atoms with E-state index in [0.717, 1.165) is 12.8 Å². The van der Waals surface area contributed by atoms with E-state index in [1.54, 1.807) is 6.08 Å². The van der Waals surface area contributed by atoms with Crippen LogP contribution in [-0.2, 0) is 14.3 Å². The zero-order valence-electron chi connectivity index (χ0n) is 13.8. The first-order valence-electron chi connectivity index (χ1n) is 7.75. The van der Waals surface area contributed by atoms with Crippen molar-refractivity contribution in [3.05, 3.63) is 24.3 Å². The molecule has 0 saturated carbocycles. The fraction of sp³-hybridized carbons (Fsp3) is 0.706. The molecule has 1 aliphatic rings. The highest BCUT2D eigenvalue weighted by Gasteiger charge is 2.41. The Labute approximate surface area is 128 Å². The van der Waals surface area contributed by atoms with E-state index >= 15 is 0 Å². The van der Waals surface area contributed by atoms with Crippen LogP contribution in [0.3, 0.4) is 0 Å². The molecule has 0 unspecified atom stereocenters. The summed E-state index contributed by atoms with van der Waals surface area (Å²) < 4.78 is 12.2. The summed E-state index contributed by atoms with van der Waals surface area (Å²) in [5.74, 6) is -0.155. The summed E-state index contributed by atoms with van der Waals surface area (Å²) in [6, 6.07) is 0. The molecule has 4 atom stereocenters. The van der Waals surface area contributed by atoms with Gasteiger partial charge in [-0.05, 0) is 26.2 Å². The van der Waals surface area contributed by atoms with Crippen molar-refractivity contribution in [1.29, 1.82) is 0 Å². The first kappa shape index (κ1) is 17.9. The maximum Gasteiger partial charge on any atom is 0.241 e. The van der Waals surface area contributed by atoms with Crippen molar-refractivity contribution in [2.75, 3.05) is 0 Å². The summed E-state index contributed by atoms with van der Waals surface area (Å²) >= 11 is 0. The van der Waals surface area contributed by atoms with Crippen molar-refractivity contribution in [2.45, 2.75) is 65.5 Å². The molecule has 0 bridgehead atoms. The van der Waals surface area contributed by atoms with E-state index in [1.165, 1.54) is 6.08 Å². The van der Waals surface area contributed by atoms with Crippen LogP contribution in [0.2, 0.25) is 0 Å². The number of rotatable bonds is 6. The highest BCUT2D eigenvalue weighted by Crippen LogP contribution is 2.36. The van der Waals surface area contributed by atoms with Gasteiger partial charge in [0.05, 0.1) is 12.2 Å². The van der Waals surface area contributed by atoms with Gasteiger partial charge in [-0.15, -0.1) is 0 Å². The van der Waals surface area contributed by atoms with Gasteiger partial charge in [0, 0.05) is 12.0 Å². The van der Waals surface area contributed by atoms with E-state index in [2.05, 4.69) is 20.8 Å². The molecule has 120 valence electrons. The second-order valence-corrected chi connectivity index (χ2v) is 6.31. The fourth-order valence-corrected chi connectivity index (χ4v) is 2.72. The van der Waals surface area contributed by atoms with E-state index in [0.29, 0.717) is 11.8 Å². The maximum atomic E-state index is 10.6. The number of amides is 1. The molecule has 0 radical (unpaired) electrons. The second-order valence-electron chi connectivity index (χ2n) is 6.31. The van der Waals surface area contributed by atoms with Crippen LogP contribution < -0.4 is 5.73 Å². The number of hydrogen-bond donors (Lipinski definition) is 1. The minimum Gasteiger partial charge on any atom is -0.366 e. The Bertz CT molecular complexity index is 401. The lowest BCUT2D eigenvalue weighted by Gasteiger charge is -2.46. The third-order valence-corrected chi connectivity index (χ3v) is 4.04. The Balaban J connectivity index is 2.69. The molecule has 0 aromatic heterocycles. The van der Waals surface area contributed by atoms with Gasteiger partial charge >= 0.3 is 0 Å². The summed E-state index contributed by atoms with van der Waals surface area (Å²) in [6.07, 6.45) is 9.06. The molecule has 4 heteroatoms. The molecule has 0 aromatic rings. The zero-order valence-corrected chi connectivity index (χ0v) is 13.8. The molecule has 1 saturated heterocycles. The van der Waals surface area contributed by atoms with E-state index < -0.39 is 11.7 Å². The molecule has 1 amide bonds. The van der Waals surface area contributed by atoms with Crippen LogP contribution in [0.1, 0.15) is 47.5 Å². The summed E-state index contributed by atoms with van der Waals surface area (Å²) in [5, 5.41) is 0. The average Bonchev–Trinajstić information content (AvgIpc) is 2.40. The largest absolute Gasteiger partial charge is 0.366 e. The number of nitrogens with two attached hydrogens (primary N) is 1. The maximum absolute atomic E-state index is 10.6. The monoisotopic (exact) mass is 295 g/mol. The molecule has 1 heterocycles. The Kier molecular flexibility index (Phi) is 6.62. The molecular formula is C17H29NO3. The van der Waals surface area contributed by atoms with Crippen LogP contribution in [0.25, 0.3) is 0 Å². The third-order valence-electron chi connectivity index (χ3n) is 4.04. The number of carbonyl (C=O) groups is 1. The van der Waals surface area contributed by atoms with E-state index in [-0.39, 0.29) is 12.2 Å². The number of ether oxygens (including phenoxy) is 2. The predicted octanol–water partition coefficient (Wildman–Crippen LogP) is 3.18. The average molecular weight is 295 g/mol. The van der Waals surface area contributed by atoms with E-state index in [1.807, 2.05) is 26.0 Å². The van der Waals surface area contributed by atoms with Gasteiger partial charge in [0.1, 0.15) is 0 Å². The van der Waals surface area contributed by atoms with Crippen LogP contribution in [0.5, 0.6) is 0 Å². The van der Waals surface area contributed by atoms with Crippen LogP contribution in [0, 0.1) is 11.8 Å². The van der Waals surface area contributed by atoms with Crippen molar-refractivity contribution in [3.8, 4) is 0 Å². The zero-order chi connectivity index (χ0) is 16.0. The van der Waals surface area contributed by atoms with E-state index in [4.69, 9.17) is 15.2 Å². The number of primary amides is 1. The molecule has 4 nitrogen and oxygen atoms in total. The summed E-state index contributed by atoms with van der Waals surface area (Å²) in [5.41, 5.74) is 5.04. The summed E-state index contributed by atoms with van der Waals surface area (Å²) in [7, 11) is 0. The minimum atomic E-state index is -0.553. The fourth-order valence-electron chi connectivity index (χ4n) is 2.72. The first-order chi connectivity index (χ1) is 9.76. The molecular weight excluding hydrogens is 266 g/mol. The highest BCUT2D eigenvalue weighted by atomic mass is 16.7. The number of hydrogen-bond acceptors (Lipinski definition) is 3. The molecule has 1 fully saturated rings. The Morgan fingerprint density at radius 1 is 1.33 bits per heavy atom. The SMILES string of the molecule is CC[C@@H](C)[C@@H]1OC(C)(C)O[C@H](CC=CC=CC(N)=O)[C@H]1C. The molecule has 1 aliphatic heterocycles.